The number of hydrogen-bond acceptors (Lipinski definition) is 7. The maximum atomic E-state index is 13.4. The maximum absolute atomic E-state index is 13.4. The average molecular weight is 466 g/mol. The molecular formula is C24H19FN2O5S. The monoisotopic (exact) mass is 466 g/mol. The molecule has 1 aliphatic heterocycles. The standard InChI is InChI=1S/C24H19FN2O5S/c1-3-32-23(31)21-13(2)26-24(33-21)27-18(14-7-5-4-6-8-14)17(20(29)22(27)30)19(28)15-9-11-16(25)12-10-15/h4-12,18,28H,3H2,1-2H3. The molecule has 0 spiro atoms. The number of anilines is 1. The fourth-order valence-electron chi connectivity index (χ4n) is 3.62. The molecule has 0 aliphatic carbocycles. The zero-order chi connectivity index (χ0) is 23.7. The summed E-state index contributed by atoms with van der Waals surface area (Å²) in [6.07, 6.45) is 0. The molecule has 0 radical (unpaired) electrons. The molecule has 1 aliphatic rings. The molecule has 1 fully saturated rings. The van der Waals surface area contributed by atoms with Gasteiger partial charge in [0.15, 0.2) is 5.13 Å². The minimum Gasteiger partial charge on any atom is -0.507 e. The minimum absolute atomic E-state index is 0.129. The lowest BCUT2D eigenvalue weighted by molar-refractivity contribution is -0.132. The molecule has 2 aromatic carbocycles. The van der Waals surface area contributed by atoms with Gasteiger partial charge >= 0.3 is 11.9 Å². The number of thiazole rings is 1. The van der Waals surface area contributed by atoms with Gasteiger partial charge in [-0.2, -0.15) is 0 Å². The van der Waals surface area contributed by atoms with Crippen molar-refractivity contribution in [3.05, 3.63) is 87.7 Å². The Morgan fingerprint density at radius 1 is 1.15 bits per heavy atom. The van der Waals surface area contributed by atoms with Crippen molar-refractivity contribution in [3.8, 4) is 0 Å². The zero-order valence-corrected chi connectivity index (χ0v) is 18.6. The van der Waals surface area contributed by atoms with Crippen LogP contribution in [0.2, 0.25) is 0 Å². The van der Waals surface area contributed by atoms with Crippen molar-refractivity contribution in [1.82, 2.24) is 4.98 Å². The Morgan fingerprint density at radius 3 is 2.45 bits per heavy atom. The molecule has 1 N–H and O–H groups in total. The number of aliphatic hydroxyl groups excluding tert-OH is 1. The topological polar surface area (TPSA) is 96.8 Å². The number of amides is 1. The largest absolute Gasteiger partial charge is 0.507 e. The summed E-state index contributed by atoms with van der Waals surface area (Å²) in [6.45, 7) is 3.47. The SMILES string of the molecule is CCOC(=O)c1sc(N2C(=O)C(=O)C(=C(O)c3ccc(F)cc3)C2c2ccccc2)nc1C. The van der Waals surface area contributed by atoms with Crippen molar-refractivity contribution < 1.29 is 28.6 Å². The molecule has 33 heavy (non-hydrogen) atoms. The second kappa shape index (κ2) is 8.95. The molecule has 1 amide bonds. The number of carbonyl (C=O) groups is 3. The van der Waals surface area contributed by atoms with E-state index in [0.717, 1.165) is 23.5 Å². The van der Waals surface area contributed by atoms with E-state index in [4.69, 9.17) is 4.74 Å². The molecule has 1 atom stereocenters. The minimum atomic E-state index is -0.989. The molecule has 2 heterocycles. The van der Waals surface area contributed by atoms with E-state index in [0.29, 0.717) is 11.3 Å². The summed E-state index contributed by atoms with van der Waals surface area (Å²) in [5.74, 6) is -3.30. The maximum Gasteiger partial charge on any atom is 0.350 e. The van der Waals surface area contributed by atoms with E-state index in [2.05, 4.69) is 4.98 Å². The smallest absolute Gasteiger partial charge is 0.350 e. The number of hydrogen-bond donors (Lipinski definition) is 1. The third kappa shape index (κ3) is 4.03. The van der Waals surface area contributed by atoms with Crippen LogP contribution in [0.1, 0.15) is 39.5 Å². The lowest BCUT2D eigenvalue weighted by Crippen LogP contribution is -2.29. The zero-order valence-electron chi connectivity index (χ0n) is 17.7. The van der Waals surface area contributed by atoms with Crippen LogP contribution in [0.25, 0.3) is 5.76 Å². The second-order valence-corrected chi connectivity index (χ2v) is 8.20. The van der Waals surface area contributed by atoms with Gasteiger partial charge in [0, 0.05) is 5.56 Å². The molecule has 0 bridgehead atoms. The third-order valence-corrected chi connectivity index (χ3v) is 6.27. The van der Waals surface area contributed by atoms with Crippen LogP contribution in [0, 0.1) is 12.7 Å². The van der Waals surface area contributed by atoms with Crippen LogP contribution in [0.5, 0.6) is 0 Å². The Bertz CT molecular complexity index is 1270. The summed E-state index contributed by atoms with van der Waals surface area (Å²) >= 11 is 0.934. The molecule has 1 aromatic heterocycles. The summed E-state index contributed by atoms with van der Waals surface area (Å²) in [4.78, 5) is 44.2. The number of aliphatic hydroxyl groups is 1. The number of ketones is 1. The Hall–Kier alpha value is -3.85. The number of aryl methyl sites for hydroxylation is 1. The Kier molecular flexibility index (Phi) is 6.06. The lowest BCUT2D eigenvalue weighted by atomic mass is 9.95. The van der Waals surface area contributed by atoms with Crippen LogP contribution in [-0.4, -0.2) is 34.4 Å². The number of halogens is 1. The molecule has 7 nitrogen and oxygen atoms in total. The lowest BCUT2D eigenvalue weighted by Gasteiger charge is -2.22. The highest BCUT2D eigenvalue weighted by Gasteiger charge is 2.48. The first-order valence-corrected chi connectivity index (χ1v) is 10.9. The fourth-order valence-corrected chi connectivity index (χ4v) is 4.60. The van der Waals surface area contributed by atoms with E-state index in [1.807, 2.05) is 0 Å². The first-order valence-electron chi connectivity index (χ1n) is 10.1. The number of Topliss-reactive ketones (excluding diaryl/α,β-unsaturated/α-hetero) is 1. The summed E-state index contributed by atoms with van der Waals surface area (Å²) in [5, 5.41) is 11.1. The highest BCUT2D eigenvalue weighted by atomic mass is 32.1. The predicted molar refractivity (Wildman–Crippen MR) is 120 cm³/mol. The highest BCUT2D eigenvalue weighted by molar-refractivity contribution is 7.17. The Balaban J connectivity index is 1.89. The van der Waals surface area contributed by atoms with E-state index >= 15 is 0 Å². The Morgan fingerprint density at radius 2 is 1.82 bits per heavy atom. The van der Waals surface area contributed by atoms with Crippen molar-refractivity contribution in [3.63, 3.8) is 0 Å². The van der Waals surface area contributed by atoms with Crippen LogP contribution in [0.4, 0.5) is 9.52 Å². The molecule has 3 aromatic rings. The number of rotatable bonds is 5. The van der Waals surface area contributed by atoms with Gasteiger partial charge in [0.25, 0.3) is 5.78 Å². The van der Waals surface area contributed by atoms with Crippen LogP contribution in [-0.2, 0) is 14.3 Å². The quantitative estimate of drug-likeness (QED) is 0.259. The third-order valence-electron chi connectivity index (χ3n) is 5.13. The Labute approximate surface area is 192 Å². The van der Waals surface area contributed by atoms with Crippen molar-refractivity contribution in [2.24, 2.45) is 0 Å². The van der Waals surface area contributed by atoms with E-state index in [9.17, 15) is 23.9 Å². The van der Waals surface area contributed by atoms with E-state index in [-0.39, 0.29) is 27.8 Å². The van der Waals surface area contributed by atoms with Crippen LogP contribution < -0.4 is 4.90 Å². The van der Waals surface area contributed by atoms with Crippen molar-refractivity contribution in [1.29, 1.82) is 0 Å². The van der Waals surface area contributed by atoms with Crippen LogP contribution in [0.15, 0.2) is 60.2 Å². The van der Waals surface area contributed by atoms with Gasteiger partial charge < -0.3 is 9.84 Å². The van der Waals surface area contributed by atoms with Crippen molar-refractivity contribution in [2.45, 2.75) is 19.9 Å². The molecule has 9 heteroatoms. The number of aromatic nitrogens is 1. The van der Waals surface area contributed by atoms with Gasteiger partial charge in [-0.15, -0.1) is 0 Å². The van der Waals surface area contributed by atoms with Gasteiger partial charge in [-0.25, -0.2) is 14.2 Å². The van der Waals surface area contributed by atoms with Crippen molar-refractivity contribution >= 4 is 39.9 Å². The van der Waals surface area contributed by atoms with Gasteiger partial charge in [0.05, 0.1) is 23.9 Å². The van der Waals surface area contributed by atoms with Gasteiger partial charge in [0.1, 0.15) is 16.5 Å². The number of nitrogens with zero attached hydrogens (tertiary/aromatic N) is 2. The van der Waals surface area contributed by atoms with Crippen LogP contribution >= 0.6 is 11.3 Å². The van der Waals surface area contributed by atoms with E-state index in [1.165, 1.54) is 17.0 Å². The average Bonchev–Trinajstić information content (AvgIpc) is 3.31. The number of benzene rings is 2. The van der Waals surface area contributed by atoms with E-state index < -0.39 is 35.3 Å². The molecular weight excluding hydrogens is 447 g/mol. The van der Waals surface area contributed by atoms with Gasteiger partial charge in [-0.1, -0.05) is 41.7 Å². The molecule has 1 unspecified atom stereocenters. The predicted octanol–water partition coefficient (Wildman–Crippen LogP) is 4.39. The molecule has 168 valence electrons. The number of esters is 1. The normalized spacial score (nSPS) is 17.4. The highest BCUT2D eigenvalue weighted by Crippen LogP contribution is 2.43. The summed E-state index contributed by atoms with van der Waals surface area (Å²) in [5.41, 5.74) is 0.966. The fraction of sp³-hybridized carbons (Fsp3) is 0.167. The van der Waals surface area contributed by atoms with Gasteiger partial charge in [-0.05, 0) is 43.7 Å². The number of ether oxygens (including phenoxy) is 1. The first kappa shape index (κ1) is 22.3. The van der Waals surface area contributed by atoms with Gasteiger partial charge in [0.2, 0.25) is 0 Å². The van der Waals surface area contributed by atoms with Crippen molar-refractivity contribution in [2.75, 3.05) is 11.5 Å². The molecule has 4 rings (SSSR count). The molecule has 0 saturated carbocycles. The summed E-state index contributed by atoms with van der Waals surface area (Å²) < 4.78 is 18.4. The summed E-state index contributed by atoms with van der Waals surface area (Å²) in [7, 11) is 0. The van der Waals surface area contributed by atoms with Crippen LogP contribution in [0.3, 0.4) is 0 Å². The van der Waals surface area contributed by atoms with Gasteiger partial charge in [-0.3, -0.25) is 14.5 Å². The second-order valence-electron chi connectivity index (χ2n) is 7.22. The summed E-state index contributed by atoms with van der Waals surface area (Å²) in [6, 6.07) is 12.7. The number of carbonyl (C=O) groups excluding carboxylic acids is 3. The first-order chi connectivity index (χ1) is 15.8. The van der Waals surface area contributed by atoms with E-state index in [1.54, 1.807) is 44.2 Å². The molecule has 1 saturated heterocycles.